The Bertz CT molecular complexity index is 226. The number of rotatable bonds is 14. The van der Waals surface area contributed by atoms with Crippen molar-refractivity contribution in [3.8, 4) is 0 Å². The zero-order chi connectivity index (χ0) is 16.2. The molecule has 0 aromatic heterocycles. The van der Waals surface area contributed by atoms with Gasteiger partial charge in [-0.3, -0.25) is 0 Å². The van der Waals surface area contributed by atoms with Crippen LogP contribution in [-0.2, 0) is 20.3 Å². The van der Waals surface area contributed by atoms with E-state index in [9.17, 15) is 0 Å². The Labute approximate surface area is 157 Å². The first-order valence-corrected chi connectivity index (χ1v) is 8.79. The van der Waals surface area contributed by atoms with E-state index in [0.29, 0.717) is 52.9 Å². The van der Waals surface area contributed by atoms with Gasteiger partial charge in [-0.05, 0) is 0 Å². The van der Waals surface area contributed by atoms with Crippen molar-refractivity contribution >= 4 is 46.0 Å². The highest BCUT2D eigenvalue weighted by molar-refractivity contribution is 14.1. The van der Waals surface area contributed by atoms with Gasteiger partial charge in [0.15, 0.2) is 0 Å². The molecule has 0 atom stereocenters. The Morgan fingerprint density at radius 2 is 0.905 bits per heavy atom. The summed E-state index contributed by atoms with van der Waals surface area (Å²) >= 11 is 3.74. The zero-order valence-electron chi connectivity index (χ0n) is 13.5. The van der Waals surface area contributed by atoms with Gasteiger partial charge in [0.05, 0.1) is 52.9 Å². The fraction of sp³-hybridized carbons (Fsp3) is 1.00. The van der Waals surface area contributed by atoms with Crippen LogP contribution in [0.3, 0.4) is 0 Å². The summed E-state index contributed by atoms with van der Waals surface area (Å²) in [5, 5.41) is 0. The van der Waals surface area contributed by atoms with E-state index in [1.807, 2.05) is 46.0 Å². The summed E-state index contributed by atoms with van der Waals surface area (Å²) in [6, 6.07) is 0. The topological polar surface area (TPSA) is 46.2 Å². The van der Waals surface area contributed by atoms with Crippen LogP contribution in [0.4, 0.5) is 0 Å². The van der Waals surface area contributed by atoms with Crippen LogP contribution in [0.15, 0.2) is 0 Å². The zero-order valence-corrected chi connectivity index (χ0v) is 17.8. The minimum Gasteiger partial charge on any atom is -0.380 e. The number of ether oxygens (including phenoxy) is 3. The minimum atomic E-state index is -0.00272. The second-order valence-corrected chi connectivity index (χ2v) is 7.80. The van der Waals surface area contributed by atoms with Gasteiger partial charge in [-0.1, -0.05) is 27.7 Å². The molecule has 128 valence electrons. The number of halogens is 2. The van der Waals surface area contributed by atoms with Crippen molar-refractivity contribution in [2.45, 2.75) is 27.7 Å². The van der Waals surface area contributed by atoms with Crippen LogP contribution in [0.5, 0.6) is 0 Å². The Hall–Kier alpha value is 1.26. The molecule has 0 aromatic rings. The molecule has 0 rings (SSSR count). The van der Waals surface area contributed by atoms with E-state index in [1.165, 1.54) is 0 Å². The van der Waals surface area contributed by atoms with Gasteiger partial charge in [0.2, 0.25) is 0 Å². The van der Waals surface area contributed by atoms with E-state index in [4.69, 9.17) is 20.3 Å². The predicted molar refractivity (Wildman–Crippen MR) is 100.0 cm³/mol. The second kappa shape index (κ2) is 12.7. The number of hydrogen-bond acceptors (Lipinski definition) is 5. The molecule has 0 N–H and O–H groups in total. The van der Waals surface area contributed by atoms with Crippen LogP contribution in [0.2, 0.25) is 0 Å². The third kappa shape index (κ3) is 14.6. The highest BCUT2D eigenvalue weighted by Crippen LogP contribution is 2.20. The largest absolute Gasteiger partial charge is 0.380 e. The summed E-state index contributed by atoms with van der Waals surface area (Å²) in [7, 11) is 0. The molecular weight excluding hydrogens is 502 g/mol. The van der Waals surface area contributed by atoms with E-state index >= 15 is 0 Å². The van der Waals surface area contributed by atoms with E-state index in [0.717, 1.165) is 0 Å². The van der Waals surface area contributed by atoms with Gasteiger partial charge in [0, 0.05) is 10.8 Å². The molecule has 0 saturated heterocycles. The molecule has 0 amide bonds. The fourth-order valence-corrected chi connectivity index (χ4v) is 1.92. The normalized spacial score (nSPS) is 12.9. The molecule has 0 heterocycles. The number of hydrogen-bond donors (Lipinski definition) is 0. The van der Waals surface area contributed by atoms with E-state index in [2.05, 4.69) is 27.7 Å². The molecule has 0 spiro atoms. The summed E-state index contributed by atoms with van der Waals surface area (Å²) in [6.45, 7) is 13.7. The van der Waals surface area contributed by atoms with Crippen molar-refractivity contribution in [3.63, 3.8) is 0 Å². The maximum absolute atomic E-state index is 5.85. The molecule has 0 saturated carbocycles. The molecule has 0 bridgehead atoms. The lowest BCUT2D eigenvalue weighted by Gasteiger charge is -2.28. The standard InChI is InChI=1S/C14H28I2O5/c1-13(2,9-17-5-7-20-15)11-19-12-14(3,4)10-18-6-8-21-16/h5-12H2,1-4H3. The third-order valence-corrected chi connectivity index (χ3v) is 3.46. The second-order valence-electron chi connectivity index (χ2n) is 6.55. The van der Waals surface area contributed by atoms with Gasteiger partial charge in [-0.25, -0.2) is 0 Å². The van der Waals surface area contributed by atoms with E-state index in [-0.39, 0.29) is 10.8 Å². The Morgan fingerprint density at radius 1 is 0.571 bits per heavy atom. The van der Waals surface area contributed by atoms with Crippen molar-refractivity contribution in [1.82, 2.24) is 0 Å². The van der Waals surface area contributed by atoms with Crippen LogP contribution in [0, 0.1) is 10.8 Å². The quantitative estimate of drug-likeness (QED) is 0.253. The summed E-state index contributed by atoms with van der Waals surface area (Å²) in [4.78, 5) is 0. The van der Waals surface area contributed by atoms with Crippen LogP contribution >= 0.6 is 46.0 Å². The first-order valence-electron chi connectivity index (χ1n) is 7.03. The summed E-state index contributed by atoms with van der Waals surface area (Å²) in [6.07, 6.45) is 0. The average Bonchev–Trinajstić information content (AvgIpc) is 2.39. The maximum atomic E-state index is 5.85. The van der Waals surface area contributed by atoms with Crippen LogP contribution in [0.25, 0.3) is 0 Å². The van der Waals surface area contributed by atoms with E-state index < -0.39 is 0 Å². The molecule has 0 aliphatic carbocycles. The smallest absolute Gasteiger partial charge is 0.109 e. The van der Waals surface area contributed by atoms with Gasteiger partial charge >= 0.3 is 0 Å². The first-order chi connectivity index (χ1) is 9.83. The van der Waals surface area contributed by atoms with Gasteiger partial charge < -0.3 is 20.3 Å². The third-order valence-electron chi connectivity index (χ3n) is 2.58. The lowest BCUT2D eigenvalue weighted by Crippen LogP contribution is -2.31. The minimum absolute atomic E-state index is 0.00272. The monoisotopic (exact) mass is 530 g/mol. The lowest BCUT2D eigenvalue weighted by atomic mass is 9.94. The van der Waals surface area contributed by atoms with Crippen molar-refractivity contribution in [1.29, 1.82) is 0 Å². The molecule has 5 nitrogen and oxygen atoms in total. The highest BCUT2D eigenvalue weighted by atomic mass is 127. The predicted octanol–water partition coefficient (Wildman–Crippen LogP) is 3.82. The molecule has 21 heavy (non-hydrogen) atoms. The Balaban J connectivity index is 3.77. The van der Waals surface area contributed by atoms with Crippen molar-refractivity contribution in [3.05, 3.63) is 0 Å². The van der Waals surface area contributed by atoms with Crippen molar-refractivity contribution in [2.24, 2.45) is 10.8 Å². The molecule has 0 radical (unpaired) electrons. The lowest BCUT2D eigenvalue weighted by molar-refractivity contribution is -0.0483. The molecule has 0 aliphatic rings. The van der Waals surface area contributed by atoms with Gasteiger partial charge in [0.1, 0.15) is 46.0 Å². The average molecular weight is 530 g/mol. The summed E-state index contributed by atoms with van der Waals surface area (Å²) in [5.41, 5.74) is -0.00543. The molecule has 0 aliphatic heterocycles. The molecule has 0 unspecified atom stereocenters. The van der Waals surface area contributed by atoms with Gasteiger partial charge in [0.25, 0.3) is 0 Å². The molecule has 7 heteroatoms. The summed E-state index contributed by atoms with van der Waals surface area (Å²) < 4.78 is 26.8. The van der Waals surface area contributed by atoms with Gasteiger partial charge in [-0.15, -0.1) is 0 Å². The van der Waals surface area contributed by atoms with Crippen molar-refractivity contribution in [2.75, 3.05) is 52.9 Å². The fourth-order valence-electron chi connectivity index (χ4n) is 1.56. The van der Waals surface area contributed by atoms with E-state index in [1.54, 1.807) is 0 Å². The molecule has 0 fully saturated rings. The van der Waals surface area contributed by atoms with Gasteiger partial charge in [-0.2, -0.15) is 0 Å². The van der Waals surface area contributed by atoms with Crippen LogP contribution in [0.1, 0.15) is 27.7 Å². The molecular formula is C14H28I2O5. The maximum Gasteiger partial charge on any atom is 0.109 e. The Kier molecular flexibility index (Phi) is 13.4. The SMILES string of the molecule is CC(C)(COCCOI)COCC(C)(C)COCCOI. The first kappa shape index (κ1) is 22.3. The molecule has 0 aromatic carbocycles. The summed E-state index contributed by atoms with van der Waals surface area (Å²) in [5.74, 6) is 0. The van der Waals surface area contributed by atoms with Crippen molar-refractivity contribution < 1.29 is 20.3 Å². The Morgan fingerprint density at radius 3 is 1.24 bits per heavy atom. The highest BCUT2D eigenvalue weighted by Gasteiger charge is 2.23. The van der Waals surface area contributed by atoms with Crippen LogP contribution < -0.4 is 0 Å². The van der Waals surface area contributed by atoms with Crippen LogP contribution in [-0.4, -0.2) is 52.9 Å².